The van der Waals surface area contributed by atoms with E-state index in [0.29, 0.717) is 37.3 Å². The molecule has 0 aromatic carbocycles. The van der Waals surface area contributed by atoms with Crippen LogP contribution in [0.4, 0.5) is 13.2 Å². The highest BCUT2D eigenvalue weighted by Gasteiger charge is 2.38. The van der Waals surface area contributed by atoms with Gasteiger partial charge >= 0.3 is 6.18 Å². The van der Waals surface area contributed by atoms with Gasteiger partial charge in [0.2, 0.25) is 0 Å². The maximum Gasteiger partial charge on any atom is 0.401 e. The normalized spacial score (nSPS) is 30.6. The van der Waals surface area contributed by atoms with Crippen LogP contribution in [-0.2, 0) is 0 Å². The Morgan fingerprint density at radius 1 is 1.22 bits per heavy atom. The van der Waals surface area contributed by atoms with Crippen molar-refractivity contribution in [2.75, 3.05) is 26.2 Å². The summed E-state index contributed by atoms with van der Waals surface area (Å²) >= 11 is 0. The third-order valence-corrected chi connectivity index (χ3v) is 3.94. The van der Waals surface area contributed by atoms with Gasteiger partial charge in [0.05, 0.1) is 6.54 Å². The number of nitrogens with zero attached hydrogens (tertiary/aromatic N) is 1. The zero-order chi connectivity index (χ0) is 13.2. The van der Waals surface area contributed by atoms with Crippen LogP contribution in [0.3, 0.4) is 0 Å². The maximum absolute atomic E-state index is 12.5. The van der Waals surface area contributed by atoms with Crippen LogP contribution in [0.15, 0.2) is 12.2 Å². The number of hydrogen-bond acceptors (Lipinski definition) is 2. The fourth-order valence-corrected chi connectivity index (χ4v) is 3.22. The Kier molecular flexibility index (Phi) is 4.33. The summed E-state index contributed by atoms with van der Waals surface area (Å²) in [5.74, 6) is 1.42. The molecule has 1 fully saturated rings. The number of allylic oxidation sites excluding steroid dienone is 2. The number of alkyl halides is 3. The molecule has 0 spiro atoms. The third kappa shape index (κ3) is 3.72. The van der Waals surface area contributed by atoms with Gasteiger partial charge < -0.3 is 5.11 Å². The van der Waals surface area contributed by atoms with Gasteiger partial charge in [-0.25, -0.2) is 0 Å². The molecule has 0 radical (unpaired) electrons. The standard InChI is InChI=1S/C13H20F3NO/c14-13(15,16)9-17(4-1-5-18)8-12-7-10-2-3-11(12)6-10/h2-3,10-12,18H,1,4-9H2. The zero-order valence-electron chi connectivity index (χ0n) is 10.4. The summed E-state index contributed by atoms with van der Waals surface area (Å²) in [6.07, 6.45) is 2.76. The number of hydrogen-bond donors (Lipinski definition) is 1. The van der Waals surface area contributed by atoms with Gasteiger partial charge in [0.15, 0.2) is 0 Å². The van der Waals surface area contributed by atoms with Gasteiger partial charge in [0.1, 0.15) is 0 Å². The predicted octanol–water partition coefficient (Wildman–Crippen LogP) is 2.45. The van der Waals surface area contributed by atoms with Crippen molar-refractivity contribution in [3.8, 4) is 0 Å². The lowest BCUT2D eigenvalue weighted by molar-refractivity contribution is -0.147. The Morgan fingerprint density at radius 3 is 2.50 bits per heavy atom. The monoisotopic (exact) mass is 263 g/mol. The van der Waals surface area contributed by atoms with E-state index in [1.165, 1.54) is 4.90 Å². The van der Waals surface area contributed by atoms with Crippen molar-refractivity contribution in [3.63, 3.8) is 0 Å². The molecule has 0 amide bonds. The lowest BCUT2D eigenvalue weighted by atomic mass is 9.93. The van der Waals surface area contributed by atoms with Gasteiger partial charge in [-0.15, -0.1) is 0 Å². The van der Waals surface area contributed by atoms with Crippen molar-refractivity contribution in [2.24, 2.45) is 17.8 Å². The second-order valence-electron chi connectivity index (χ2n) is 5.47. The molecule has 18 heavy (non-hydrogen) atoms. The van der Waals surface area contributed by atoms with Gasteiger partial charge in [-0.1, -0.05) is 12.2 Å². The number of aliphatic hydroxyl groups excluding tert-OH is 1. The SMILES string of the molecule is OCCCN(CC1CC2C=CC1C2)CC(F)(F)F. The Bertz CT molecular complexity index is 303. The highest BCUT2D eigenvalue weighted by Crippen LogP contribution is 2.43. The van der Waals surface area contributed by atoms with E-state index in [9.17, 15) is 13.2 Å². The number of fused-ring (bicyclic) bond motifs is 2. The summed E-state index contributed by atoms with van der Waals surface area (Å²) < 4.78 is 37.4. The second kappa shape index (κ2) is 5.61. The summed E-state index contributed by atoms with van der Waals surface area (Å²) in [7, 11) is 0. The van der Waals surface area contributed by atoms with E-state index in [-0.39, 0.29) is 6.61 Å². The molecule has 2 nitrogen and oxygen atoms in total. The van der Waals surface area contributed by atoms with E-state index < -0.39 is 12.7 Å². The molecule has 2 bridgehead atoms. The fraction of sp³-hybridized carbons (Fsp3) is 0.846. The maximum atomic E-state index is 12.5. The molecule has 2 aliphatic rings. The van der Waals surface area contributed by atoms with Crippen LogP contribution < -0.4 is 0 Å². The van der Waals surface area contributed by atoms with Gasteiger partial charge in [-0.05, 0) is 37.0 Å². The molecule has 1 saturated carbocycles. The Balaban J connectivity index is 1.86. The van der Waals surface area contributed by atoms with Crippen molar-refractivity contribution in [2.45, 2.75) is 25.4 Å². The van der Waals surface area contributed by atoms with Gasteiger partial charge in [0, 0.05) is 19.7 Å². The minimum absolute atomic E-state index is 0.0506. The first kappa shape index (κ1) is 13.9. The molecular formula is C13H20F3NO. The van der Waals surface area contributed by atoms with Crippen LogP contribution in [0, 0.1) is 17.8 Å². The van der Waals surface area contributed by atoms with E-state index in [4.69, 9.17) is 5.11 Å². The second-order valence-corrected chi connectivity index (χ2v) is 5.47. The molecule has 1 N–H and O–H groups in total. The van der Waals surface area contributed by atoms with Gasteiger partial charge in [-0.3, -0.25) is 4.90 Å². The molecule has 2 rings (SSSR count). The molecule has 3 unspecified atom stereocenters. The Hall–Kier alpha value is -0.550. The number of rotatable bonds is 6. The predicted molar refractivity (Wildman–Crippen MR) is 63.0 cm³/mol. The van der Waals surface area contributed by atoms with Crippen LogP contribution >= 0.6 is 0 Å². The van der Waals surface area contributed by atoms with Crippen molar-refractivity contribution in [3.05, 3.63) is 12.2 Å². The average molecular weight is 263 g/mol. The van der Waals surface area contributed by atoms with Crippen molar-refractivity contribution >= 4 is 0 Å². The van der Waals surface area contributed by atoms with Gasteiger partial charge in [-0.2, -0.15) is 13.2 Å². The first-order valence-electron chi connectivity index (χ1n) is 6.56. The van der Waals surface area contributed by atoms with Crippen LogP contribution in [-0.4, -0.2) is 42.4 Å². The Morgan fingerprint density at radius 2 is 2.00 bits per heavy atom. The number of aliphatic hydroxyl groups is 1. The molecule has 0 saturated heterocycles. The molecule has 3 atom stereocenters. The Labute approximate surface area is 105 Å². The average Bonchev–Trinajstić information content (AvgIpc) is 2.85. The molecule has 104 valence electrons. The molecule has 0 heterocycles. The molecule has 0 aliphatic heterocycles. The quantitative estimate of drug-likeness (QED) is 0.744. The third-order valence-electron chi connectivity index (χ3n) is 3.94. The number of halogens is 3. The van der Waals surface area contributed by atoms with Crippen molar-refractivity contribution in [1.29, 1.82) is 0 Å². The molecule has 5 heteroatoms. The highest BCUT2D eigenvalue weighted by molar-refractivity contribution is 5.10. The highest BCUT2D eigenvalue weighted by atomic mass is 19.4. The van der Waals surface area contributed by atoms with E-state index >= 15 is 0 Å². The summed E-state index contributed by atoms with van der Waals surface area (Å²) in [6, 6.07) is 0. The first-order chi connectivity index (χ1) is 8.48. The van der Waals surface area contributed by atoms with E-state index in [0.717, 1.165) is 12.8 Å². The van der Waals surface area contributed by atoms with Crippen LogP contribution in [0.5, 0.6) is 0 Å². The van der Waals surface area contributed by atoms with Crippen molar-refractivity contribution in [1.82, 2.24) is 4.90 Å². The van der Waals surface area contributed by atoms with Gasteiger partial charge in [0.25, 0.3) is 0 Å². The largest absolute Gasteiger partial charge is 0.401 e. The van der Waals surface area contributed by atoms with Crippen LogP contribution in [0.1, 0.15) is 19.3 Å². The minimum atomic E-state index is -4.15. The van der Waals surface area contributed by atoms with Crippen LogP contribution in [0.25, 0.3) is 0 Å². The summed E-state index contributed by atoms with van der Waals surface area (Å²) in [5.41, 5.74) is 0. The van der Waals surface area contributed by atoms with E-state index in [1.807, 2.05) is 0 Å². The lowest BCUT2D eigenvalue weighted by Crippen LogP contribution is -2.39. The van der Waals surface area contributed by atoms with Crippen molar-refractivity contribution < 1.29 is 18.3 Å². The topological polar surface area (TPSA) is 23.5 Å². The summed E-state index contributed by atoms with van der Waals surface area (Å²) in [4.78, 5) is 1.45. The zero-order valence-corrected chi connectivity index (χ0v) is 10.4. The summed E-state index contributed by atoms with van der Waals surface area (Å²) in [5, 5.41) is 8.76. The molecular weight excluding hydrogens is 243 g/mol. The lowest BCUT2D eigenvalue weighted by Gasteiger charge is -2.29. The van der Waals surface area contributed by atoms with E-state index in [1.54, 1.807) is 0 Å². The molecule has 0 aromatic heterocycles. The summed E-state index contributed by atoms with van der Waals surface area (Å²) in [6.45, 7) is -0.0752. The molecule has 0 aromatic rings. The smallest absolute Gasteiger partial charge is 0.396 e. The minimum Gasteiger partial charge on any atom is -0.396 e. The van der Waals surface area contributed by atoms with E-state index in [2.05, 4.69) is 12.2 Å². The first-order valence-corrected chi connectivity index (χ1v) is 6.56. The molecule has 2 aliphatic carbocycles. The fourth-order valence-electron chi connectivity index (χ4n) is 3.22. The van der Waals surface area contributed by atoms with Crippen LogP contribution in [0.2, 0.25) is 0 Å².